The SMILES string of the molecule is CCC1O[C@H](O[C@H]2C(CC)O[C@@H](O[C@H]3C(CC)O[C@@H](O[C@@H]4C(CO)OC(C)C(C)C4C)C(C)[C@H]3C)C(C)[C@H]2C)C(C)C(C)[C@@H]1O[C@H]1OC(CC)[C@@H](O[C@@H]2OC(CC)[C@H](O[C@@H]3OC(CC)[C@H](C)[C@H](C)C3C)[C@H](C)C2C)C(C)C1C. The van der Waals surface area contributed by atoms with Crippen LogP contribution in [0, 0.1) is 88.8 Å². The number of rotatable bonds is 19. The second kappa shape index (κ2) is 28.1. The zero-order chi connectivity index (χ0) is 57.3. The van der Waals surface area contributed by atoms with Crippen molar-refractivity contribution >= 4 is 0 Å². The molecule has 7 aliphatic rings. The van der Waals surface area contributed by atoms with Crippen LogP contribution in [0.3, 0.4) is 0 Å². The maximum Gasteiger partial charge on any atom is 0.161 e. The Kier molecular flexibility index (Phi) is 23.4. The quantitative estimate of drug-likeness (QED) is 0.131. The summed E-state index contributed by atoms with van der Waals surface area (Å²) in [6.45, 7) is 49.0. The highest BCUT2D eigenvalue weighted by molar-refractivity contribution is 4.97. The van der Waals surface area contributed by atoms with Crippen molar-refractivity contribution in [3.8, 4) is 0 Å². The third kappa shape index (κ3) is 13.3. The van der Waals surface area contributed by atoms with Gasteiger partial charge in [0.25, 0.3) is 0 Å². The molecule has 14 heteroatoms. The molecule has 1 N–H and O–H groups in total. The molecule has 0 bridgehead atoms. The summed E-state index contributed by atoms with van der Waals surface area (Å²) in [6.07, 6.45) is 0.587. The third-order valence-corrected chi connectivity index (χ3v) is 22.4. The molecule has 35 atom stereocenters. The van der Waals surface area contributed by atoms with Gasteiger partial charge in [-0.1, -0.05) is 145 Å². The van der Waals surface area contributed by atoms with Crippen LogP contribution in [0.2, 0.25) is 0 Å². The molecule has 7 rings (SSSR count). The van der Waals surface area contributed by atoms with E-state index in [1.54, 1.807) is 0 Å². The molecule has 0 aromatic heterocycles. The molecular weight excluding hydrogens is 993 g/mol. The second-order valence-corrected chi connectivity index (χ2v) is 26.8. The Morgan fingerprint density at radius 1 is 0.231 bits per heavy atom. The topological polar surface area (TPSA) is 140 Å². The summed E-state index contributed by atoms with van der Waals surface area (Å²) in [5.41, 5.74) is 0. The van der Waals surface area contributed by atoms with Gasteiger partial charge in [-0.2, -0.15) is 0 Å². The van der Waals surface area contributed by atoms with Crippen LogP contribution in [0.25, 0.3) is 0 Å². The number of hydrogen-bond donors (Lipinski definition) is 1. The van der Waals surface area contributed by atoms with E-state index in [-0.39, 0.29) is 170 Å². The minimum absolute atomic E-state index is 0.0435. The Bertz CT molecular complexity index is 1780. The van der Waals surface area contributed by atoms with E-state index in [9.17, 15) is 5.11 Å². The van der Waals surface area contributed by atoms with E-state index in [4.69, 9.17) is 61.6 Å². The zero-order valence-corrected chi connectivity index (χ0v) is 52.9. The Morgan fingerprint density at radius 2 is 0.436 bits per heavy atom. The largest absolute Gasteiger partial charge is 0.394 e. The lowest BCUT2D eigenvalue weighted by Gasteiger charge is -2.52. The second-order valence-electron chi connectivity index (χ2n) is 26.8. The molecule has 7 saturated heterocycles. The maximum absolute atomic E-state index is 10.3. The molecule has 18 unspecified atom stereocenters. The standard InChI is InChI=1S/C64H116O14/c1-23-46-32(9)30(7)39(16)59(67-46)73-53-34(11)40(17)60(68-47(53)24-2)74-54-35(12)41(18)61(69-48(54)25-3)75-55-36(13)42(19)62(70-49(55)26-4)76-56-37(14)43(20)63(71-50(56)27-5)77-57-38(15)44(21)64(72-51(57)28-6)78-58-33(10)31(8)45(22)66-52(58)29-65/h30-65H,23-29H2,1-22H3/t30-,31?,32+,33?,34+,35?,36?,37+,38+,39?,40?,41?,42?,43?,44?,45?,46?,47?,48?,49?,50?,51?,52?,53+,54-,55-,56+,57+,58-,59-,60-,61+,62+,63-,64-/m0/s1. The summed E-state index contributed by atoms with van der Waals surface area (Å²) in [5.74, 6) is 2.86. The van der Waals surface area contributed by atoms with Crippen molar-refractivity contribution in [1.82, 2.24) is 0 Å². The van der Waals surface area contributed by atoms with Crippen molar-refractivity contribution in [3.05, 3.63) is 0 Å². The Balaban J connectivity index is 0.947. The fourth-order valence-electron chi connectivity index (χ4n) is 14.7. The Labute approximate surface area is 474 Å². The number of aliphatic hydroxyl groups excluding tert-OH is 1. The Hall–Kier alpha value is -0.560. The van der Waals surface area contributed by atoms with Gasteiger partial charge in [-0.15, -0.1) is 0 Å². The minimum Gasteiger partial charge on any atom is -0.394 e. The predicted molar refractivity (Wildman–Crippen MR) is 302 cm³/mol. The van der Waals surface area contributed by atoms with E-state index in [1.165, 1.54) is 0 Å². The molecule has 7 aliphatic heterocycles. The Morgan fingerprint density at radius 3 is 0.667 bits per heavy atom. The molecule has 0 aromatic carbocycles. The molecule has 0 spiro atoms. The lowest BCUT2D eigenvalue weighted by molar-refractivity contribution is -0.369. The normalized spacial score (nSPS) is 53.5. The number of ether oxygens (including phenoxy) is 13. The fourth-order valence-corrected chi connectivity index (χ4v) is 14.7. The first kappa shape index (κ1) is 65.0. The summed E-state index contributed by atoms with van der Waals surface area (Å²) < 4.78 is 89.9. The van der Waals surface area contributed by atoms with Gasteiger partial charge < -0.3 is 66.7 Å². The molecule has 0 radical (unpaired) electrons. The van der Waals surface area contributed by atoms with Crippen LogP contribution >= 0.6 is 0 Å². The van der Waals surface area contributed by atoms with Gasteiger partial charge in [-0.05, 0) is 98.7 Å². The molecular formula is C64H116O14. The van der Waals surface area contributed by atoms with Crippen LogP contribution in [0.15, 0.2) is 0 Å². The lowest BCUT2D eigenvalue weighted by atomic mass is 9.78. The summed E-state index contributed by atoms with van der Waals surface area (Å²) >= 11 is 0. The third-order valence-electron chi connectivity index (χ3n) is 22.4. The molecule has 456 valence electrons. The van der Waals surface area contributed by atoms with Crippen LogP contribution in [-0.2, 0) is 61.6 Å². The number of hydrogen-bond acceptors (Lipinski definition) is 14. The van der Waals surface area contributed by atoms with E-state index < -0.39 is 25.2 Å². The van der Waals surface area contributed by atoms with Crippen molar-refractivity contribution < 1.29 is 66.7 Å². The van der Waals surface area contributed by atoms with Gasteiger partial charge in [0.2, 0.25) is 0 Å². The highest BCUT2D eigenvalue weighted by Gasteiger charge is 2.54. The van der Waals surface area contributed by atoms with Crippen molar-refractivity contribution in [2.24, 2.45) is 88.8 Å². The van der Waals surface area contributed by atoms with Crippen LogP contribution < -0.4 is 0 Å². The van der Waals surface area contributed by atoms with E-state index in [0.717, 1.165) is 38.5 Å². The van der Waals surface area contributed by atoms with Crippen LogP contribution in [0.1, 0.15) is 191 Å². The van der Waals surface area contributed by atoms with Gasteiger partial charge >= 0.3 is 0 Å². The summed E-state index contributed by atoms with van der Waals surface area (Å²) in [4.78, 5) is 0. The van der Waals surface area contributed by atoms with Crippen molar-refractivity contribution in [1.29, 1.82) is 0 Å². The first-order chi connectivity index (χ1) is 37.0. The fraction of sp³-hybridized carbons (Fsp3) is 1.00. The molecule has 0 aliphatic carbocycles. The monoisotopic (exact) mass is 1110 g/mol. The van der Waals surface area contributed by atoms with E-state index >= 15 is 0 Å². The van der Waals surface area contributed by atoms with Gasteiger partial charge in [0.15, 0.2) is 37.7 Å². The maximum atomic E-state index is 10.3. The first-order valence-electron chi connectivity index (χ1n) is 32.1. The highest BCUT2D eigenvalue weighted by atomic mass is 16.8. The van der Waals surface area contributed by atoms with Crippen molar-refractivity contribution in [2.75, 3.05) is 6.61 Å². The average Bonchev–Trinajstić information content (AvgIpc) is 3.45. The zero-order valence-electron chi connectivity index (χ0n) is 52.9. The van der Waals surface area contributed by atoms with Gasteiger partial charge in [-0.3, -0.25) is 0 Å². The summed E-state index contributed by atoms with van der Waals surface area (Å²) in [7, 11) is 0. The summed E-state index contributed by atoms with van der Waals surface area (Å²) in [5, 5.41) is 10.3. The molecule has 0 aromatic rings. The molecule has 7 fully saturated rings. The van der Waals surface area contributed by atoms with Crippen LogP contribution in [0.5, 0.6) is 0 Å². The molecule has 78 heavy (non-hydrogen) atoms. The van der Waals surface area contributed by atoms with Gasteiger partial charge in [0, 0.05) is 35.5 Å². The van der Waals surface area contributed by atoms with Crippen LogP contribution in [-0.4, -0.2) is 135 Å². The molecule has 0 saturated carbocycles. The average molecular weight is 1110 g/mol. The first-order valence-corrected chi connectivity index (χ1v) is 32.1. The van der Waals surface area contributed by atoms with Crippen LogP contribution in [0.4, 0.5) is 0 Å². The van der Waals surface area contributed by atoms with E-state index in [0.29, 0.717) is 23.7 Å². The van der Waals surface area contributed by atoms with Gasteiger partial charge in [0.1, 0.15) is 6.10 Å². The minimum atomic E-state index is -0.437. The smallest absolute Gasteiger partial charge is 0.161 e. The molecule has 14 nitrogen and oxygen atoms in total. The van der Waals surface area contributed by atoms with Gasteiger partial charge in [-0.25, -0.2) is 0 Å². The summed E-state index contributed by atoms with van der Waals surface area (Å²) in [6, 6.07) is 0. The number of aliphatic hydroxyl groups is 1. The molecule has 7 heterocycles. The van der Waals surface area contributed by atoms with E-state index in [1.807, 2.05) is 0 Å². The predicted octanol–water partition coefficient (Wildman–Crippen LogP) is 12.4. The van der Waals surface area contributed by atoms with E-state index in [2.05, 4.69) is 152 Å². The highest BCUT2D eigenvalue weighted by Crippen LogP contribution is 2.47. The lowest BCUT2D eigenvalue weighted by Crippen LogP contribution is -2.60. The van der Waals surface area contributed by atoms with Gasteiger partial charge in [0.05, 0.1) is 86.0 Å². The van der Waals surface area contributed by atoms with Crippen molar-refractivity contribution in [3.63, 3.8) is 0 Å². The van der Waals surface area contributed by atoms with Crippen molar-refractivity contribution in [2.45, 2.75) is 314 Å². The molecule has 0 amide bonds.